The number of nitrogens with zero attached hydrogens (tertiary/aromatic N) is 1. The molecule has 16 heavy (non-hydrogen) atoms. The molecule has 0 aromatic heterocycles. The van der Waals surface area contributed by atoms with Crippen LogP contribution in [0.2, 0.25) is 0 Å². The summed E-state index contributed by atoms with van der Waals surface area (Å²) in [6.07, 6.45) is 3.43. The predicted octanol–water partition coefficient (Wildman–Crippen LogP) is 0.239. The van der Waals surface area contributed by atoms with Crippen molar-refractivity contribution in [1.29, 1.82) is 0 Å². The fourth-order valence-electron chi connectivity index (χ4n) is 1.61. The summed E-state index contributed by atoms with van der Waals surface area (Å²) in [4.78, 5) is 13.1. The molecule has 0 rings (SSSR count). The maximum atomic E-state index is 10.8. The van der Waals surface area contributed by atoms with Gasteiger partial charge in [0.2, 0.25) is 5.91 Å². The van der Waals surface area contributed by atoms with Crippen LogP contribution in [-0.4, -0.2) is 41.7 Å². The van der Waals surface area contributed by atoms with E-state index in [2.05, 4.69) is 24.2 Å². The van der Waals surface area contributed by atoms with Crippen LogP contribution in [0.25, 0.3) is 0 Å². The highest BCUT2D eigenvalue weighted by Crippen LogP contribution is 2.04. The molecular weight excluding hydrogens is 206 g/mol. The molecule has 0 heterocycles. The molecule has 0 aliphatic carbocycles. The molecule has 5 nitrogen and oxygen atoms in total. The van der Waals surface area contributed by atoms with Crippen molar-refractivity contribution < 1.29 is 9.90 Å². The molecule has 0 saturated heterocycles. The van der Waals surface area contributed by atoms with Crippen LogP contribution in [0.5, 0.6) is 0 Å². The minimum atomic E-state index is -0.101. The summed E-state index contributed by atoms with van der Waals surface area (Å²) in [6, 6.07) is 0.458. The molecule has 0 atom stereocenters. The van der Waals surface area contributed by atoms with Crippen LogP contribution in [0, 0.1) is 0 Å². The summed E-state index contributed by atoms with van der Waals surface area (Å²) < 4.78 is 0. The minimum absolute atomic E-state index is 0.101. The third kappa shape index (κ3) is 7.62. The lowest BCUT2D eigenvalue weighted by atomic mass is 10.1. The molecule has 1 amide bonds. The summed E-state index contributed by atoms with van der Waals surface area (Å²) in [5.74, 6) is 4.88. The van der Waals surface area contributed by atoms with Gasteiger partial charge < -0.3 is 5.11 Å². The Balaban J connectivity index is 3.51. The van der Waals surface area contributed by atoms with Gasteiger partial charge in [-0.25, -0.2) is 5.84 Å². The normalized spacial score (nSPS) is 11.1. The number of hydrogen-bond acceptors (Lipinski definition) is 4. The van der Waals surface area contributed by atoms with Gasteiger partial charge in [-0.2, -0.15) is 0 Å². The molecule has 0 aromatic carbocycles. The van der Waals surface area contributed by atoms with Crippen molar-refractivity contribution in [2.75, 3.05) is 19.7 Å². The van der Waals surface area contributed by atoms with Crippen LogP contribution in [-0.2, 0) is 4.79 Å². The van der Waals surface area contributed by atoms with Gasteiger partial charge in [-0.1, -0.05) is 6.42 Å². The van der Waals surface area contributed by atoms with Gasteiger partial charge in [0, 0.05) is 19.0 Å². The zero-order valence-corrected chi connectivity index (χ0v) is 10.4. The van der Waals surface area contributed by atoms with E-state index >= 15 is 0 Å². The number of rotatable bonds is 9. The highest BCUT2D eigenvalue weighted by atomic mass is 16.3. The van der Waals surface area contributed by atoms with Crippen molar-refractivity contribution in [3.63, 3.8) is 0 Å². The standard InChI is InChI=1S/C11H25N3O2/c1-10(2)14(8-9-15)7-5-3-4-6-11(16)13-12/h10,15H,3-9,12H2,1-2H3,(H,13,16). The topological polar surface area (TPSA) is 78.6 Å². The van der Waals surface area contributed by atoms with Gasteiger partial charge >= 0.3 is 0 Å². The Hall–Kier alpha value is -0.650. The Morgan fingerprint density at radius 1 is 1.31 bits per heavy atom. The number of hydrogen-bond donors (Lipinski definition) is 3. The molecule has 0 aliphatic rings. The molecule has 0 radical (unpaired) electrons. The van der Waals surface area contributed by atoms with Crippen molar-refractivity contribution in [3.8, 4) is 0 Å². The molecule has 0 unspecified atom stereocenters. The van der Waals surface area contributed by atoms with Gasteiger partial charge in [0.05, 0.1) is 6.61 Å². The van der Waals surface area contributed by atoms with E-state index in [0.29, 0.717) is 12.5 Å². The highest BCUT2D eigenvalue weighted by Gasteiger charge is 2.07. The molecule has 0 spiro atoms. The average Bonchev–Trinajstić information content (AvgIpc) is 2.26. The molecular formula is C11H25N3O2. The fraction of sp³-hybridized carbons (Fsp3) is 0.909. The zero-order valence-electron chi connectivity index (χ0n) is 10.4. The molecule has 0 aromatic rings. The first-order chi connectivity index (χ1) is 7.61. The molecule has 0 fully saturated rings. The van der Waals surface area contributed by atoms with Crippen molar-refractivity contribution >= 4 is 5.91 Å². The largest absolute Gasteiger partial charge is 0.395 e. The van der Waals surface area contributed by atoms with Gasteiger partial charge in [0.1, 0.15) is 0 Å². The Kier molecular flexibility index (Phi) is 9.18. The summed E-state index contributed by atoms with van der Waals surface area (Å²) in [7, 11) is 0. The van der Waals surface area contributed by atoms with Crippen LogP contribution >= 0.6 is 0 Å². The Bertz CT molecular complexity index is 186. The number of amides is 1. The van der Waals surface area contributed by atoms with Gasteiger partial charge in [-0.05, 0) is 33.2 Å². The summed E-state index contributed by atoms with van der Waals surface area (Å²) >= 11 is 0. The SMILES string of the molecule is CC(C)N(CCO)CCCCCC(=O)NN. The van der Waals surface area contributed by atoms with Crippen LogP contribution in [0.3, 0.4) is 0 Å². The van der Waals surface area contributed by atoms with E-state index in [4.69, 9.17) is 10.9 Å². The lowest BCUT2D eigenvalue weighted by molar-refractivity contribution is -0.121. The number of aliphatic hydroxyl groups is 1. The third-order valence-corrected chi connectivity index (χ3v) is 2.63. The predicted molar refractivity (Wildman–Crippen MR) is 64.6 cm³/mol. The second-order valence-electron chi connectivity index (χ2n) is 4.23. The quantitative estimate of drug-likeness (QED) is 0.230. The van der Waals surface area contributed by atoms with Crippen molar-refractivity contribution in [3.05, 3.63) is 0 Å². The van der Waals surface area contributed by atoms with E-state index in [-0.39, 0.29) is 12.5 Å². The number of unbranched alkanes of at least 4 members (excludes halogenated alkanes) is 2. The van der Waals surface area contributed by atoms with Gasteiger partial charge in [-0.3, -0.25) is 15.1 Å². The maximum Gasteiger partial charge on any atom is 0.233 e. The number of nitrogens with two attached hydrogens (primary N) is 1. The lowest BCUT2D eigenvalue weighted by Gasteiger charge is -2.25. The van der Waals surface area contributed by atoms with Gasteiger partial charge in [0.25, 0.3) is 0 Å². The Labute approximate surface area is 98.0 Å². The molecule has 96 valence electrons. The van der Waals surface area contributed by atoms with Crippen molar-refractivity contribution in [2.24, 2.45) is 5.84 Å². The average molecular weight is 231 g/mol. The van der Waals surface area contributed by atoms with E-state index in [1.165, 1.54) is 0 Å². The van der Waals surface area contributed by atoms with E-state index in [9.17, 15) is 4.79 Å². The van der Waals surface area contributed by atoms with Crippen molar-refractivity contribution in [2.45, 2.75) is 45.6 Å². The number of carbonyl (C=O) groups is 1. The monoisotopic (exact) mass is 231 g/mol. The number of aliphatic hydroxyl groups excluding tert-OH is 1. The van der Waals surface area contributed by atoms with E-state index < -0.39 is 0 Å². The summed E-state index contributed by atoms with van der Waals surface area (Å²) in [5.41, 5.74) is 2.12. The first kappa shape index (κ1) is 15.3. The summed E-state index contributed by atoms with van der Waals surface area (Å²) in [5, 5.41) is 8.88. The van der Waals surface area contributed by atoms with Gasteiger partial charge in [-0.15, -0.1) is 0 Å². The van der Waals surface area contributed by atoms with Crippen LogP contribution < -0.4 is 11.3 Å². The van der Waals surface area contributed by atoms with E-state index in [0.717, 1.165) is 32.4 Å². The number of hydrazine groups is 1. The minimum Gasteiger partial charge on any atom is -0.395 e. The van der Waals surface area contributed by atoms with E-state index in [1.54, 1.807) is 0 Å². The molecule has 0 aliphatic heterocycles. The lowest BCUT2D eigenvalue weighted by Crippen LogP contribution is -2.34. The number of carbonyl (C=O) groups excluding carboxylic acids is 1. The second kappa shape index (κ2) is 9.57. The Morgan fingerprint density at radius 3 is 2.50 bits per heavy atom. The first-order valence-electron chi connectivity index (χ1n) is 5.96. The van der Waals surface area contributed by atoms with Gasteiger partial charge in [0.15, 0.2) is 0 Å². The third-order valence-electron chi connectivity index (χ3n) is 2.63. The fourth-order valence-corrected chi connectivity index (χ4v) is 1.61. The van der Waals surface area contributed by atoms with Crippen LogP contribution in [0.15, 0.2) is 0 Å². The van der Waals surface area contributed by atoms with Crippen LogP contribution in [0.4, 0.5) is 0 Å². The molecule has 4 N–H and O–H groups in total. The number of nitrogens with one attached hydrogen (secondary N) is 1. The summed E-state index contributed by atoms with van der Waals surface area (Å²) in [6.45, 7) is 6.15. The molecule has 0 bridgehead atoms. The zero-order chi connectivity index (χ0) is 12.4. The molecule has 0 saturated carbocycles. The smallest absolute Gasteiger partial charge is 0.233 e. The first-order valence-corrected chi connectivity index (χ1v) is 5.96. The van der Waals surface area contributed by atoms with Crippen LogP contribution in [0.1, 0.15) is 39.5 Å². The Morgan fingerprint density at radius 2 is 2.00 bits per heavy atom. The maximum absolute atomic E-state index is 10.8. The highest BCUT2D eigenvalue weighted by molar-refractivity contribution is 5.74. The molecule has 5 heteroatoms. The second-order valence-corrected chi connectivity index (χ2v) is 4.23. The van der Waals surface area contributed by atoms with E-state index in [1.807, 2.05) is 0 Å². The van der Waals surface area contributed by atoms with Crippen molar-refractivity contribution in [1.82, 2.24) is 10.3 Å².